The SMILES string of the molecule is Cc1cc(C)cc(NC(=O)CCn2nc(C)c(S(=O)(=O)N3CCCC3)c2C)c1. The third kappa shape index (κ3) is 4.28. The molecule has 152 valence electrons. The molecule has 0 radical (unpaired) electrons. The second kappa shape index (κ2) is 8.05. The van der Waals surface area contributed by atoms with Crippen molar-refractivity contribution >= 4 is 21.6 Å². The normalized spacial score (nSPS) is 15.1. The first kappa shape index (κ1) is 20.5. The lowest BCUT2D eigenvalue weighted by Crippen LogP contribution is -2.28. The predicted molar refractivity (Wildman–Crippen MR) is 109 cm³/mol. The summed E-state index contributed by atoms with van der Waals surface area (Å²) in [5, 5.41) is 7.29. The van der Waals surface area contributed by atoms with Gasteiger partial charge in [0.15, 0.2) is 0 Å². The Bertz CT molecular complexity index is 969. The number of hydrogen-bond acceptors (Lipinski definition) is 4. The molecule has 1 aliphatic heterocycles. The average Bonchev–Trinajstić information content (AvgIpc) is 3.21. The van der Waals surface area contributed by atoms with Gasteiger partial charge < -0.3 is 5.32 Å². The first-order valence-electron chi connectivity index (χ1n) is 9.61. The standard InChI is InChI=1S/C20H28N4O3S/c1-14-11-15(2)13-18(12-14)21-19(25)7-10-24-17(4)20(16(3)22-24)28(26,27)23-8-5-6-9-23/h11-13H,5-10H2,1-4H3,(H,21,25). The van der Waals surface area contributed by atoms with Crippen LogP contribution in [-0.4, -0.2) is 41.5 Å². The maximum Gasteiger partial charge on any atom is 0.246 e. The third-order valence-corrected chi connectivity index (χ3v) is 7.19. The summed E-state index contributed by atoms with van der Waals surface area (Å²) in [5.41, 5.74) is 4.02. The average molecular weight is 405 g/mol. The number of aromatic nitrogens is 2. The topological polar surface area (TPSA) is 84.3 Å². The van der Waals surface area contributed by atoms with Crippen molar-refractivity contribution in [2.75, 3.05) is 18.4 Å². The van der Waals surface area contributed by atoms with E-state index in [2.05, 4.69) is 10.4 Å². The molecule has 1 aromatic heterocycles. The van der Waals surface area contributed by atoms with Crippen LogP contribution in [0.25, 0.3) is 0 Å². The predicted octanol–water partition coefficient (Wildman–Crippen LogP) is 2.93. The number of nitrogens with zero attached hydrogens (tertiary/aromatic N) is 3. The second-order valence-electron chi connectivity index (χ2n) is 7.51. The van der Waals surface area contributed by atoms with Gasteiger partial charge in [0.25, 0.3) is 0 Å². The summed E-state index contributed by atoms with van der Waals surface area (Å²) >= 11 is 0. The van der Waals surface area contributed by atoms with Crippen molar-refractivity contribution in [3.05, 3.63) is 40.7 Å². The van der Waals surface area contributed by atoms with Crippen LogP contribution in [-0.2, 0) is 21.4 Å². The van der Waals surface area contributed by atoms with Crippen LogP contribution >= 0.6 is 0 Å². The van der Waals surface area contributed by atoms with Crippen LogP contribution in [0.5, 0.6) is 0 Å². The largest absolute Gasteiger partial charge is 0.326 e. The van der Waals surface area contributed by atoms with Crippen LogP contribution in [0.3, 0.4) is 0 Å². The van der Waals surface area contributed by atoms with E-state index in [4.69, 9.17) is 0 Å². The minimum atomic E-state index is -3.53. The zero-order valence-corrected chi connectivity index (χ0v) is 17.8. The van der Waals surface area contributed by atoms with E-state index in [1.165, 1.54) is 4.31 Å². The number of hydrogen-bond donors (Lipinski definition) is 1. The maximum atomic E-state index is 12.9. The van der Waals surface area contributed by atoms with Crippen LogP contribution in [0.1, 0.15) is 41.8 Å². The van der Waals surface area contributed by atoms with Gasteiger partial charge in [-0.15, -0.1) is 0 Å². The van der Waals surface area contributed by atoms with Gasteiger partial charge in [0, 0.05) is 25.2 Å². The first-order valence-corrected chi connectivity index (χ1v) is 11.0. The van der Waals surface area contributed by atoms with E-state index in [0.717, 1.165) is 29.7 Å². The van der Waals surface area contributed by atoms with Gasteiger partial charge in [0.2, 0.25) is 15.9 Å². The highest BCUT2D eigenvalue weighted by Crippen LogP contribution is 2.26. The molecule has 3 rings (SSSR count). The molecule has 28 heavy (non-hydrogen) atoms. The Labute approximate surface area is 166 Å². The summed E-state index contributed by atoms with van der Waals surface area (Å²) in [6.45, 7) is 8.89. The summed E-state index contributed by atoms with van der Waals surface area (Å²) < 4.78 is 29.0. The van der Waals surface area contributed by atoms with Crippen molar-refractivity contribution in [1.82, 2.24) is 14.1 Å². The minimum absolute atomic E-state index is 0.124. The second-order valence-corrected chi connectivity index (χ2v) is 9.38. The molecule has 8 heteroatoms. The lowest BCUT2D eigenvalue weighted by atomic mass is 10.1. The first-order chi connectivity index (χ1) is 13.2. The van der Waals surface area contributed by atoms with Gasteiger partial charge in [-0.1, -0.05) is 6.07 Å². The number of aryl methyl sites for hydroxylation is 4. The highest BCUT2D eigenvalue weighted by Gasteiger charge is 2.32. The van der Waals surface area contributed by atoms with Gasteiger partial charge >= 0.3 is 0 Å². The zero-order chi connectivity index (χ0) is 20.5. The lowest BCUT2D eigenvalue weighted by molar-refractivity contribution is -0.116. The third-order valence-electron chi connectivity index (χ3n) is 5.03. The molecular formula is C20H28N4O3S. The molecule has 0 bridgehead atoms. The summed E-state index contributed by atoms with van der Waals surface area (Å²) in [6.07, 6.45) is 2.01. The van der Waals surface area contributed by atoms with Crippen LogP contribution in [0.4, 0.5) is 5.69 Å². The van der Waals surface area contributed by atoms with Crippen molar-refractivity contribution in [2.45, 2.75) is 58.4 Å². The number of amides is 1. The van der Waals surface area contributed by atoms with Gasteiger partial charge in [0.05, 0.1) is 17.9 Å². The molecule has 0 unspecified atom stereocenters. The van der Waals surface area contributed by atoms with E-state index in [-0.39, 0.29) is 17.2 Å². The number of carbonyl (C=O) groups excluding carboxylic acids is 1. The van der Waals surface area contributed by atoms with Crippen molar-refractivity contribution in [3.63, 3.8) is 0 Å². The van der Waals surface area contributed by atoms with E-state index >= 15 is 0 Å². The number of sulfonamides is 1. The number of rotatable bonds is 6. The molecule has 0 spiro atoms. The fraction of sp³-hybridized carbons (Fsp3) is 0.500. The highest BCUT2D eigenvalue weighted by atomic mass is 32.2. The minimum Gasteiger partial charge on any atom is -0.326 e. The van der Waals surface area contributed by atoms with Gasteiger partial charge in [-0.3, -0.25) is 9.48 Å². The smallest absolute Gasteiger partial charge is 0.246 e. The van der Waals surface area contributed by atoms with Gasteiger partial charge in [-0.25, -0.2) is 8.42 Å². The van der Waals surface area contributed by atoms with Crippen LogP contribution in [0.15, 0.2) is 23.1 Å². The van der Waals surface area contributed by atoms with E-state index in [1.807, 2.05) is 32.0 Å². The van der Waals surface area contributed by atoms with Gasteiger partial charge in [-0.2, -0.15) is 9.40 Å². The maximum absolute atomic E-state index is 12.9. The van der Waals surface area contributed by atoms with E-state index in [1.54, 1.807) is 18.5 Å². The summed E-state index contributed by atoms with van der Waals surface area (Å²) in [6, 6.07) is 5.90. The monoisotopic (exact) mass is 404 g/mol. The van der Waals surface area contributed by atoms with Crippen LogP contribution < -0.4 is 5.32 Å². The molecular weight excluding hydrogens is 376 g/mol. The Balaban J connectivity index is 1.70. The Hall–Kier alpha value is -2.19. The summed E-state index contributed by atoms with van der Waals surface area (Å²) in [5.74, 6) is -0.124. The molecule has 0 saturated carbocycles. The Morgan fingerprint density at radius 2 is 1.68 bits per heavy atom. The number of anilines is 1. The number of carbonyl (C=O) groups is 1. The van der Waals surface area contributed by atoms with E-state index < -0.39 is 10.0 Å². The molecule has 1 amide bonds. The van der Waals surface area contributed by atoms with Gasteiger partial charge in [0.1, 0.15) is 4.90 Å². The summed E-state index contributed by atoms with van der Waals surface area (Å²) in [7, 11) is -3.53. The molecule has 2 aromatic rings. The highest BCUT2D eigenvalue weighted by molar-refractivity contribution is 7.89. The van der Waals surface area contributed by atoms with Crippen molar-refractivity contribution in [3.8, 4) is 0 Å². The quantitative estimate of drug-likeness (QED) is 0.802. The molecule has 1 aliphatic rings. The Morgan fingerprint density at radius 3 is 2.29 bits per heavy atom. The molecule has 1 N–H and O–H groups in total. The van der Waals surface area contributed by atoms with Crippen molar-refractivity contribution in [1.29, 1.82) is 0 Å². The number of nitrogens with one attached hydrogen (secondary N) is 1. The van der Waals surface area contributed by atoms with Crippen molar-refractivity contribution < 1.29 is 13.2 Å². The molecule has 7 nitrogen and oxygen atoms in total. The zero-order valence-electron chi connectivity index (χ0n) is 16.9. The lowest BCUT2D eigenvalue weighted by Gasteiger charge is -2.15. The van der Waals surface area contributed by atoms with E-state index in [9.17, 15) is 13.2 Å². The molecule has 0 atom stereocenters. The number of benzene rings is 1. The summed E-state index contributed by atoms with van der Waals surface area (Å²) in [4.78, 5) is 12.6. The van der Waals surface area contributed by atoms with Crippen LogP contribution in [0.2, 0.25) is 0 Å². The van der Waals surface area contributed by atoms with Crippen molar-refractivity contribution in [2.24, 2.45) is 0 Å². The Morgan fingerprint density at radius 1 is 1.07 bits per heavy atom. The molecule has 0 aliphatic carbocycles. The Kier molecular flexibility index (Phi) is 5.90. The molecule has 1 saturated heterocycles. The van der Waals surface area contributed by atoms with Gasteiger partial charge in [-0.05, 0) is 63.8 Å². The molecule has 1 fully saturated rings. The van der Waals surface area contributed by atoms with Crippen LogP contribution in [0, 0.1) is 27.7 Å². The van der Waals surface area contributed by atoms with E-state index in [0.29, 0.717) is 31.0 Å². The fourth-order valence-electron chi connectivity index (χ4n) is 3.81. The fourth-order valence-corrected chi connectivity index (χ4v) is 5.70. The molecule has 2 heterocycles. The molecule has 1 aromatic carbocycles.